The average Bonchev–Trinajstić information content (AvgIpc) is 3.03. The van der Waals surface area contributed by atoms with Crippen LogP contribution in [0.3, 0.4) is 0 Å². The molecular formula is C17H18BrFN2O4. The first kappa shape index (κ1) is 17.7. The number of ether oxygens (including phenoxy) is 1. The number of halogens is 2. The summed E-state index contributed by atoms with van der Waals surface area (Å²) in [7, 11) is 0. The summed E-state index contributed by atoms with van der Waals surface area (Å²) in [5.41, 5.74) is -0.0282. The van der Waals surface area contributed by atoms with Crippen molar-refractivity contribution in [1.82, 2.24) is 4.98 Å². The van der Waals surface area contributed by atoms with Gasteiger partial charge in [0.1, 0.15) is 23.4 Å². The van der Waals surface area contributed by atoms with Gasteiger partial charge in [0.15, 0.2) is 5.69 Å². The maximum absolute atomic E-state index is 13.3. The number of anilines is 1. The summed E-state index contributed by atoms with van der Waals surface area (Å²) in [5.74, 6) is -0.565. The first-order chi connectivity index (χ1) is 12.0. The Bertz CT molecular complexity index is 772. The highest BCUT2D eigenvalue weighted by molar-refractivity contribution is 9.10. The second kappa shape index (κ2) is 7.43. The third kappa shape index (κ3) is 3.95. The number of carboxylic acid groups (broad SMARTS) is 1. The predicted molar refractivity (Wildman–Crippen MR) is 92.8 cm³/mol. The van der Waals surface area contributed by atoms with Gasteiger partial charge in [-0.15, -0.1) is 0 Å². The number of hydrogen-bond donors (Lipinski definition) is 1. The molecule has 0 spiro atoms. The van der Waals surface area contributed by atoms with Gasteiger partial charge in [-0.2, -0.15) is 4.98 Å². The van der Waals surface area contributed by atoms with Crippen LogP contribution in [-0.4, -0.2) is 35.3 Å². The van der Waals surface area contributed by atoms with E-state index in [2.05, 4.69) is 20.9 Å². The van der Waals surface area contributed by atoms with Gasteiger partial charge in [0.05, 0.1) is 4.47 Å². The third-order valence-corrected chi connectivity index (χ3v) is 4.76. The van der Waals surface area contributed by atoms with Crippen LogP contribution in [-0.2, 0) is 6.42 Å². The molecule has 0 amide bonds. The van der Waals surface area contributed by atoms with Crippen molar-refractivity contribution in [1.29, 1.82) is 0 Å². The second-order valence-corrected chi connectivity index (χ2v) is 6.66. The molecule has 0 bridgehead atoms. The topological polar surface area (TPSA) is 75.8 Å². The first-order valence-corrected chi connectivity index (χ1v) is 8.87. The molecule has 134 valence electrons. The van der Waals surface area contributed by atoms with Crippen LogP contribution in [0.5, 0.6) is 5.75 Å². The van der Waals surface area contributed by atoms with Crippen molar-refractivity contribution in [3.63, 3.8) is 0 Å². The van der Waals surface area contributed by atoms with Crippen molar-refractivity contribution in [2.45, 2.75) is 32.3 Å². The summed E-state index contributed by atoms with van der Waals surface area (Å²) in [6.07, 6.45) is 1.83. The lowest BCUT2D eigenvalue weighted by Crippen LogP contribution is -2.38. The molecular weight excluding hydrogens is 395 g/mol. The highest BCUT2D eigenvalue weighted by Gasteiger charge is 2.27. The van der Waals surface area contributed by atoms with E-state index in [9.17, 15) is 9.18 Å². The molecule has 0 atom stereocenters. The summed E-state index contributed by atoms with van der Waals surface area (Å²) < 4.78 is 25.5. The second-order valence-electron chi connectivity index (χ2n) is 5.81. The van der Waals surface area contributed by atoms with E-state index in [1.807, 2.05) is 11.8 Å². The van der Waals surface area contributed by atoms with E-state index in [4.69, 9.17) is 14.3 Å². The number of carbonyl (C=O) groups is 1. The monoisotopic (exact) mass is 412 g/mol. The molecule has 0 saturated carbocycles. The number of benzene rings is 1. The Morgan fingerprint density at radius 3 is 2.80 bits per heavy atom. The summed E-state index contributed by atoms with van der Waals surface area (Å²) in [5, 5.41) is 9.17. The van der Waals surface area contributed by atoms with Crippen molar-refractivity contribution < 1.29 is 23.4 Å². The first-order valence-electron chi connectivity index (χ1n) is 8.07. The lowest BCUT2D eigenvalue weighted by atomic mass is 10.1. The minimum Gasteiger partial charge on any atom is -0.489 e. The number of rotatable bonds is 5. The van der Waals surface area contributed by atoms with Gasteiger partial charge in [-0.3, -0.25) is 0 Å². The van der Waals surface area contributed by atoms with Crippen LogP contribution >= 0.6 is 15.9 Å². The molecule has 0 aliphatic carbocycles. The Hall–Kier alpha value is -2.09. The van der Waals surface area contributed by atoms with Gasteiger partial charge < -0.3 is 19.2 Å². The number of oxazole rings is 1. The molecule has 1 N–H and O–H groups in total. The Kier molecular flexibility index (Phi) is 5.27. The van der Waals surface area contributed by atoms with E-state index in [1.54, 1.807) is 6.07 Å². The number of piperidine rings is 1. The molecule has 1 saturated heterocycles. The molecule has 2 aromatic rings. The Labute approximate surface area is 152 Å². The van der Waals surface area contributed by atoms with Gasteiger partial charge in [-0.1, -0.05) is 6.92 Å². The fourth-order valence-electron chi connectivity index (χ4n) is 2.79. The van der Waals surface area contributed by atoms with Crippen LogP contribution in [0.25, 0.3) is 0 Å². The molecule has 6 nitrogen and oxygen atoms in total. The number of carboxylic acids is 1. The minimum absolute atomic E-state index is 0.0282. The number of hydrogen-bond acceptors (Lipinski definition) is 5. The molecule has 2 heterocycles. The Balaban J connectivity index is 1.64. The van der Waals surface area contributed by atoms with Gasteiger partial charge in [0.25, 0.3) is 6.01 Å². The van der Waals surface area contributed by atoms with E-state index >= 15 is 0 Å². The van der Waals surface area contributed by atoms with Crippen LogP contribution in [0.2, 0.25) is 0 Å². The molecule has 0 radical (unpaired) electrons. The molecule has 1 aromatic carbocycles. The van der Waals surface area contributed by atoms with Crippen LogP contribution < -0.4 is 9.64 Å². The van der Waals surface area contributed by atoms with Crippen molar-refractivity contribution >= 4 is 27.9 Å². The highest BCUT2D eigenvalue weighted by atomic mass is 79.9. The lowest BCUT2D eigenvalue weighted by molar-refractivity contribution is 0.0689. The van der Waals surface area contributed by atoms with Crippen LogP contribution in [0.1, 0.15) is 36.0 Å². The molecule has 3 rings (SSSR count). The van der Waals surface area contributed by atoms with Crippen molar-refractivity contribution in [3.8, 4) is 5.75 Å². The average molecular weight is 413 g/mol. The Morgan fingerprint density at radius 1 is 1.48 bits per heavy atom. The lowest BCUT2D eigenvalue weighted by Gasteiger charge is -2.31. The number of aryl methyl sites for hydroxylation is 1. The molecule has 8 heteroatoms. The standard InChI is InChI=1S/C17H18BrFN2O4/c1-2-13-15(16(22)23)20-17(25-13)21-7-5-11(6-8-21)24-14-9-10(19)3-4-12(14)18/h3-4,9,11H,2,5-8H2,1H3,(H,22,23). The normalized spacial score (nSPS) is 15.4. The molecule has 0 unspecified atom stereocenters. The van der Waals surface area contributed by atoms with E-state index in [0.29, 0.717) is 54.3 Å². The van der Waals surface area contributed by atoms with Crippen molar-refractivity contribution in [3.05, 3.63) is 39.9 Å². The van der Waals surface area contributed by atoms with E-state index in [-0.39, 0.29) is 17.6 Å². The zero-order chi connectivity index (χ0) is 18.0. The number of aromatic nitrogens is 1. The van der Waals surface area contributed by atoms with Gasteiger partial charge in [0, 0.05) is 38.4 Å². The molecule has 1 aromatic heterocycles. The third-order valence-electron chi connectivity index (χ3n) is 4.11. The summed E-state index contributed by atoms with van der Waals surface area (Å²) >= 11 is 3.36. The SMILES string of the molecule is CCc1oc(N2CCC(Oc3cc(F)ccc3Br)CC2)nc1C(=O)O. The predicted octanol–water partition coefficient (Wildman–Crippen LogP) is 3.88. The van der Waals surface area contributed by atoms with Gasteiger partial charge >= 0.3 is 5.97 Å². The van der Waals surface area contributed by atoms with Crippen molar-refractivity contribution in [2.75, 3.05) is 18.0 Å². The molecule has 1 fully saturated rings. The molecule has 1 aliphatic heterocycles. The highest BCUT2D eigenvalue weighted by Crippen LogP contribution is 2.29. The summed E-state index contributed by atoms with van der Waals surface area (Å²) in [6.45, 7) is 3.08. The number of aromatic carboxylic acids is 1. The van der Waals surface area contributed by atoms with Crippen LogP contribution in [0.4, 0.5) is 10.4 Å². The van der Waals surface area contributed by atoms with Gasteiger partial charge in [0.2, 0.25) is 0 Å². The quantitative estimate of drug-likeness (QED) is 0.802. The molecule has 1 aliphatic rings. The van der Waals surface area contributed by atoms with Crippen LogP contribution in [0.15, 0.2) is 27.1 Å². The smallest absolute Gasteiger partial charge is 0.358 e. The maximum Gasteiger partial charge on any atom is 0.358 e. The summed E-state index contributed by atoms with van der Waals surface area (Å²) in [6, 6.07) is 4.68. The van der Waals surface area contributed by atoms with Crippen molar-refractivity contribution in [2.24, 2.45) is 0 Å². The summed E-state index contributed by atoms with van der Waals surface area (Å²) in [4.78, 5) is 17.2. The molecule has 25 heavy (non-hydrogen) atoms. The van der Waals surface area contributed by atoms with Gasteiger partial charge in [-0.25, -0.2) is 9.18 Å². The zero-order valence-corrected chi connectivity index (χ0v) is 15.3. The fraction of sp³-hybridized carbons (Fsp3) is 0.412. The maximum atomic E-state index is 13.3. The van der Waals surface area contributed by atoms with E-state index in [0.717, 1.165) is 0 Å². The van der Waals surface area contributed by atoms with E-state index < -0.39 is 5.97 Å². The van der Waals surface area contributed by atoms with E-state index in [1.165, 1.54) is 12.1 Å². The van der Waals surface area contributed by atoms with Crippen LogP contribution in [0, 0.1) is 5.82 Å². The fourth-order valence-corrected chi connectivity index (χ4v) is 3.13. The zero-order valence-electron chi connectivity index (χ0n) is 13.7. The largest absolute Gasteiger partial charge is 0.489 e. The Morgan fingerprint density at radius 2 is 2.20 bits per heavy atom. The minimum atomic E-state index is -1.08. The van der Waals surface area contributed by atoms with Gasteiger partial charge in [-0.05, 0) is 28.1 Å². The number of nitrogens with zero attached hydrogens (tertiary/aromatic N) is 2.